The van der Waals surface area contributed by atoms with Gasteiger partial charge in [0.1, 0.15) is 11.4 Å². The van der Waals surface area contributed by atoms with Gasteiger partial charge in [0.15, 0.2) is 0 Å². The van der Waals surface area contributed by atoms with Crippen molar-refractivity contribution in [3.05, 3.63) is 22.9 Å². The molecule has 1 aliphatic rings. The lowest BCUT2D eigenvalue weighted by Gasteiger charge is -2.17. The van der Waals surface area contributed by atoms with Gasteiger partial charge in [0.05, 0.1) is 0 Å². The molecule has 0 aromatic carbocycles. The lowest BCUT2D eigenvalue weighted by atomic mass is 10.1. The van der Waals surface area contributed by atoms with Crippen molar-refractivity contribution in [3.8, 4) is 0 Å². The van der Waals surface area contributed by atoms with Crippen molar-refractivity contribution in [2.24, 2.45) is 0 Å². The van der Waals surface area contributed by atoms with E-state index in [1.807, 2.05) is 6.07 Å². The predicted octanol–water partition coefficient (Wildman–Crippen LogP) is 4.04. The fourth-order valence-electron chi connectivity index (χ4n) is 2.93. The maximum Gasteiger partial charge on any atom is 0.339 e. The van der Waals surface area contributed by atoms with Crippen molar-refractivity contribution >= 4 is 11.8 Å². The van der Waals surface area contributed by atoms with Gasteiger partial charge < -0.3 is 10.4 Å². The lowest BCUT2D eigenvalue weighted by molar-refractivity contribution is 0.0697. The zero-order chi connectivity index (χ0) is 15.2. The van der Waals surface area contributed by atoms with Gasteiger partial charge in [0.25, 0.3) is 0 Å². The van der Waals surface area contributed by atoms with Crippen LogP contribution in [0.1, 0.15) is 74.0 Å². The summed E-state index contributed by atoms with van der Waals surface area (Å²) in [5.74, 6) is -0.343. The lowest BCUT2D eigenvalue weighted by Crippen LogP contribution is -2.19. The first-order valence-electron chi connectivity index (χ1n) is 8.14. The van der Waals surface area contributed by atoms with Gasteiger partial charge in [0, 0.05) is 11.7 Å². The Morgan fingerprint density at radius 2 is 2.19 bits per heavy atom. The Morgan fingerprint density at radius 1 is 1.38 bits per heavy atom. The van der Waals surface area contributed by atoms with E-state index >= 15 is 0 Å². The third kappa shape index (κ3) is 4.19. The topological polar surface area (TPSA) is 62.2 Å². The maximum absolute atomic E-state index is 11.4. The van der Waals surface area contributed by atoms with Gasteiger partial charge in [-0.15, -0.1) is 0 Å². The van der Waals surface area contributed by atoms with E-state index in [-0.39, 0.29) is 6.04 Å². The van der Waals surface area contributed by atoms with Gasteiger partial charge in [0.2, 0.25) is 0 Å². The number of rotatable bonds is 8. The number of carboxylic acid groups (broad SMARTS) is 1. The number of aryl methyl sites for hydroxylation is 2. The highest BCUT2D eigenvalue weighted by molar-refractivity contribution is 5.93. The number of hydrogen-bond acceptors (Lipinski definition) is 3. The van der Waals surface area contributed by atoms with Crippen molar-refractivity contribution in [2.45, 2.75) is 71.3 Å². The number of carboxylic acids is 1. The number of aromatic carboxylic acids is 1. The molecule has 0 radical (unpaired) electrons. The summed E-state index contributed by atoms with van der Waals surface area (Å²) in [6.45, 7) is 4.31. The van der Waals surface area contributed by atoms with Crippen LogP contribution < -0.4 is 5.32 Å². The third-order valence-corrected chi connectivity index (χ3v) is 4.16. The molecular formula is C17H26N2O2. The summed E-state index contributed by atoms with van der Waals surface area (Å²) < 4.78 is 0. The van der Waals surface area contributed by atoms with E-state index in [4.69, 9.17) is 0 Å². The molecule has 21 heavy (non-hydrogen) atoms. The maximum atomic E-state index is 11.4. The number of anilines is 1. The van der Waals surface area contributed by atoms with E-state index in [2.05, 4.69) is 24.1 Å². The largest absolute Gasteiger partial charge is 0.478 e. The van der Waals surface area contributed by atoms with E-state index < -0.39 is 5.97 Å². The van der Waals surface area contributed by atoms with Crippen LogP contribution in [-0.4, -0.2) is 22.1 Å². The van der Waals surface area contributed by atoms with Crippen LogP contribution in [0.3, 0.4) is 0 Å². The molecule has 0 fully saturated rings. The van der Waals surface area contributed by atoms with Crippen LogP contribution in [0.25, 0.3) is 0 Å². The molecule has 0 spiro atoms. The fourth-order valence-corrected chi connectivity index (χ4v) is 2.93. The van der Waals surface area contributed by atoms with Crippen molar-refractivity contribution in [2.75, 3.05) is 5.32 Å². The molecule has 1 aromatic rings. The Hall–Kier alpha value is -1.58. The highest BCUT2D eigenvalue weighted by atomic mass is 16.4. The van der Waals surface area contributed by atoms with Crippen LogP contribution in [-0.2, 0) is 12.8 Å². The van der Waals surface area contributed by atoms with E-state index in [1.165, 1.54) is 25.7 Å². The number of carbonyl (C=O) groups is 1. The summed E-state index contributed by atoms with van der Waals surface area (Å²) in [6, 6.07) is 2.07. The molecule has 0 saturated carbocycles. The molecule has 0 aliphatic heterocycles. The molecule has 0 saturated heterocycles. The second-order valence-electron chi connectivity index (χ2n) is 6.04. The van der Waals surface area contributed by atoms with Gasteiger partial charge in [-0.2, -0.15) is 0 Å². The molecule has 116 valence electrons. The normalized spacial score (nSPS) is 14.8. The SMILES string of the molecule is CCCCCCC(C)Nc1nc2c(cc1C(=O)O)CCC2. The van der Waals surface area contributed by atoms with Crippen LogP contribution in [0.15, 0.2) is 6.07 Å². The fraction of sp³-hybridized carbons (Fsp3) is 0.647. The summed E-state index contributed by atoms with van der Waals surface area (Å²) in [7, 11) is 0. The van der Waals surface area contributed by atoms with E-state index in [0.717, 1.165) is 36.9 Å². The predicted molar refractivity (Wildman–Crippen MR) is 85.1 cm³/mol. The van der Waals surface area contributed by atoms with Gasteiger partial charge in [-0.25, -0.2) is 9.78 Å². The molecule has 0 bridgehead atoms. The Bertz CT molecular complexity index is 500. The molecule has 0 amide bonds. The summed E-state index contributed by atoms with van der Waals surface area (Å²) in [6.07, 6.45) is 8.97. The summed E-state index contributed by atoms with van der Waals surface area (Å²) in [4.78, 5) is 16.0. The number of fused-ring (bicyclic) bond motifs is 1. The summed E-state index contributed by atoms with van der Waals surface area (Å²) in [5.41, 5.74) is 2.49. The second-order valence-corrected chi connectivity index (χ2v) is 6.04. The summed E-state index contributed by atoms with van der Waals surface area (Å²) in [5, 5.41) is 12.7. The monoisotopic (exact) mass is 290 g/mol. The Balaban J connectivity index is 2.03. The minimum atomic E-state index is -0.891. The third-order valence-electron chi connectivity index (χ3n) is 4.16. The molecule has 1 aromatic heterocycles. The van der Waals surface area contributed by atoms with Crippen LogP contribution >= 0.6 is 0 Å². The molecule has 1 atom stereocenters. The molecule has 2 N–H and O–H groups in total. The number of nitrogens with one attached hydrogen (secondary N) is 1. The van der Waals surface area contributed by atoms with E-state index in [0.29, 0.717) is 11.4 Å². The number of pyridine rings is 1. The zero-order valence-electron chi connectivity index (χ0n) is 13.1. The molecule has 4 nitrogen and oxygen atoms in total. The highest BCUT2D eigenvalue weighted by Gasteiger charge is 2.20. The van der Waals surface area contributed by atoms with Gasteiger partial charge >= 0.3 is 5.97 Å². The Labute approximate surface area is 127 Å². The average Bonchev–Trinajstić information content (AvgIpc) is 2.89. The number of unbranched alkanes of at least 4 members (excludes halogenated alkanes) is 3. The van der Waals surface area contributed by atoms with Gasteiger partial charge in [-0.3, -0.25) is 0 Å². The first kappa shape index (κ1) is 15.8. The van der Waals surface area contributed by atoms with Crippen molar-refractivity contribution in [1.29, 1.82) is 0 Å². The molecule has 1 aliphatic carbocycles. The minimum Gasteiger partial charge on any atom is -0.478 e. The van der Waals surface area contributed by atoms with Crippen LogP contribution in [0.5, 0.6) is 0 Å². The van der Waals surface area contributed by atoms with E-state index in [9.17, 15) is 9.90 Å². The first-order chi connectivity index (χ1) is 10.1. The number of aromatic nitrogens is 1. The van der Waals surface area contributed by atoms with Crippen molar-refractivity contribution in [3.63, 3.8) is 0 Å². The second kappa shape index (κ2) is 7.43. The van der Waals surface area contributed by atoms with Crippen molar-refractivity contribution in [1.82, 2.24) is 4.98 Å². The Kier molecular flexibility index (Phi) is 5.59. The minimum absolute atomic E-state index is 0.256. The molecule has 1 unspecified atom stereocenters. The summed E-state index contributed by atoms with van der Waals surface area (Å²) >= 11 is 0. The van der Waals surface area contributed by atoms with E-state index in [1.54, 1.807) is 0 Å². The first-order valence-corrected chi connectivity index (χ1v) is 8.14. The number of hydrogen-bond donors (Lipinski definition) is 2. The van der Waals surface area contributed by atoms with Gasteiger partial charge in [-0.05, 0) is 44.2 Å². The van der Waals surface area contributed by atoms with Crippen molar-refractivity contribution < 1.29 is 9.90 Å². The molecule has 2 rings (SSSR count). The average molecular weight is 290 g/mol. The van der Waals surface area contributed by atoms with Gasteiger partial charge in [-0.1, -0.05) is 32.6 Å². The molecular weight excluding hydrogens is 264 g/mol. The quantitative estimate of drug-likeness (QED) is 0.709. The van der Waals surface area contributed by atoms with Crippen LogP contribution in [0.2, 0.25) is 0 Å². The zero-order valence-corrected chi connectivity index (χ0v) is 13.1. The number of nitrogens with zero attached hydrogens (tertiary/aromatic N) is 1. The van der Waals surface area contributed by atoms with Crippen LogP contribution in [0.4, 0.5) is 5.82 Å². The molecule has 4 heteroatoms. The smallest absolute Gasteiger partial charge is 0.339 e. The Morgan fingerprint density at radius 3 is 2.90 bits per heavy atom. The van der Waals surface area contributed by atoms with Crippen LogP contribution in [0, 0.1) is 0 Å². The standard InChI is InChI=1S/C17H26N2O2/c1-3-4-5-6-8-12(2)18-16-14(17(20)21)11-13-9-7-10-15(13)19-16/h11-12H,3-10H2,1-2H3,(H,18,19)(H,20,21). The highest BCUT2D eigenvalue weighted by Crippen LogP contribution is 2.26. The molecule has 1 heterocycles.